The van der Waals surface area contributed by atoms with Crippen molar-refractivity contribution in [2.75, 3.05) is 7.11 Å². The van der Waals surface area contributed by atoms with Gasteiger partial charge >= 0.3 is 11.9 Å². The van der Waals surface area contributed by atoms with Crippen LogP contribution in [0.25, 0.3) is 0 Å². The summed E-state index contributed by atoms with van der Waals surface area (Å²) in [6.07, 6.45) is 3.85. The number of methoxy groups -OCH3 is 1. The normalized spacial score (nSPS) is 25.3. The van der Waals surface area contributed by atoms with E-state index in [0.717, 1.165) is 11.1 Å². The molecule has 0 saturated carbocycles. The molecule has 0 aliphatic heterocycles. The second-order valence-corrected chi connectivity index (χ2v) is 6.17. The van der Waals surface area contributed by atoms with E-state index in [2.05, 4.69) is 0 Å². The number of carbonyl (C=O) groups is 2. The van der Waals surface area contributed by atoms with Gasteiger partial charge in [-0.3, -0.25) is 9.59 Å². The Morgan fingerprint density at radius 3 is 1.64 bits per heavy atom. The van der Waals surface area contributed by atoms with Crippen molar-refractivity contribution in [3.05, 3.63) is 83.9 Å². The zero-order valence-corrected chi connectivity index (χ0v) is 13.9. The highest BCUT2D eigenvalue weighted by Gasteiger charge is 2.46. The van der Waals surface area contributed by atoms with Crippen LogP contribution in [0.4, 0.5) is 0 Å². The number of esters is 1. The van der Waals surface area contributed by atoms with Gasteiger partial charge in [0.1, 0.15) is 0 Å². The van der Waals surface area contributed by atoms with Crippen LogP contribution in [0.3, 0.4) is 0 Å². The van der Waals surface area contributed by atoms with Crippen LogP contribution < -0.4 is 0 Å². The van der Waals surface area contributed by atoms with Crippen LogP contribution in [-0.2, 0) is 14.3 Å². The molecular formula is C21H20O4. The topological polar surface area (TPSA) is 63.6 Å². The van der Waals surface area contributed by atoms with Gasteiger partial charge in [0.15, 0.2) is 0 Å². The van der Waals surface area contributed by atoms with Crippen LogP contribution >= 0.6 is 0 Å². The molecule has 2 aromatic carbocycles. The third kappa shape index (κ3) is 3.33. The van der Waals surface area contributed by atoms with E-state index in [4.69, 9.17) is 4.74 Å². The number of allylic oxidation sites excluding steroid dienone is 2. The molecular weight excluding hydrogens is 316 g/mol. The SMILES string of the molecule is COC(=O)[C@@H]1[C@@H](C(=O)O)[C@H](c2ccccc2)C=C[C@@H]1c1ccccc1. The molecule has 4 heteroatoms. The predicted octanol–water partition coefficient (Wildman–Crippen LogP) is 3.61. The lowest BCUT2D eigenvalue weighted by molar-refractivity contribution is -0.157. The van der Waals surface area contributed by atoms with E-state index in [9.17, 15) is 14.7 Å². The van der Waals surface area contributed by atoms with Crippen molar-refractivity contribution in [3.63, 3.8) is 0 Å². The Kier molecular flexibility index (Phi) is 4.98. The molecule has 1 aliphatic carbocycles. The van der Waals surface area contributed by atoms with Gasteiger partial charge in [0.05, 0.1) is 18.9 Å². The van der Waals surface area contributed by atoms with E-state index in [-0.39, 0.29) is 11.8 Å². The lowest BCUT2D eigenvalue weighted by atomic mass is 9.66. The Bertz CT molecular complexity index is 767. The smallest absolute Gasteiger partial charge is 0.310 e. The summed E-state index contributed by atoms with van der Waals surface area (Å²) in [6.45, 7) is 0. The number of carboxylic acid groups (broad SMARTS) is 1. The fourth-order valence-corrected chi connectivity index (χ4v) is 3.65. The van der Waals surface area contributed by atoms with Crippen LogP contribution in [-0.4, -0.2) is 24.2 Å². The van der Waals surface area contributed by atoms with E-state index in [0.29, 0.717) is 0 Å². The highest BCUT2D eigenvalue weighted by molar-refractivity contribution is 5.84. The number of benzene rings is 2. The van der Waals surface area contributed by atoms with Crippen LogP contribution in [0.1, 0.15) is 23.0 Å². The first kappa shape index (κ1) is 17.0. The maximum absolute atomic E-state index is 12.5. The van der Waals surface area contributed by atoms with E-state index >= 15 is 0 Å². The highest BCUT2D eigenvalue weighted by Crippen LogP contribution is 2.44. The predicted molar refractivity (Wildman–Crippen MR) is 94.1 cm³/mol. The molecule has 4 nitrogen and oxygen atoms in total. The minimum absolute atomic E-state index is 0.324. The Morgan fingerprint density at radius 1 is 0.800 bits per heavy atom. The molecule has 0 amide bonds. The monoisotopic (exact) mass is 336 g/mol. The average molecular weight is 336 g/mol. The zero-order valence-electron chi connectivity index (χ0n) is 13.9. The summed E-state index contributed by atoms with van der Waals surface area (Å²) >= 11 is 0. The maximum atomic E-state index is 12.5. The van der Waals surface area contributed by atoms with E-state index < -0.39 is 23.8 Å². The molecule has 0 aromatic heterocycles. The molecule has 0 spiro atoms. The molecule has 0 radical (unpaired) electrons. The fourth-order valence-electron chi connectivity index (χ4n) is 3.65. The van der Waals surface area contributed by atoms with Crippen LogP contribution in [0, 0.1) is 11.8 Å². The summed E-state index contributed by atoms with van der Waals surface area (Å²) in [5.74, 6) is -3.84. The minimum Gasteiger partial charge on any atom is -0.481 e. The van der Waals surface area contributed by atoms with Gasteiger partial charge < -0.3 is 9.84 Å². The van der Waals surface area contributed by atoms with Gasteiger partial charge in [0.2, 0.25) is 0 Å². The number of ether oxygens (including phenoxy) is 1. The average Bonchev–Trinajstić information content (AvgIpc) is 2.67. The molecule has 4 atom stereocenters. The molecule has 0 heterocycles. The molecule has 0 fully saturated rings. The summed E-state index contributed by atoms with van der Waals surface area (Å²) in [7, 11) is 1.30. The van der Waals surface area contributed by atoms with Crippen molar-refractivity contribution in [1.29, 1.82) is 0 Å². The molecule has 0 bridgehead atoms. The number of hydrogen-bond acceptors (Lipinski definition) is 3. The van der Waals surface area contributed by atoms with Gasteiger partial charge in [0, 0.05) is 11.8 Å². The van der Waals surface area contributed by atoms with Gasteiger partial charge in [-0.15, -0.1) is 0 Å². The van der Waals surface area contributed by atoms with Crippen molar-refractivity contribution in [1.82, 2.24) is 0 Å². The van der Waals surface area contributed by atoms with Crippen molar-refractivity contribution >= 4 is 11.9 Å². The van der Waals surface area contributed by atoms with Gasteiger partial charge in [-0.05, 0) is 11.1 Å². The zero-order chi connectivity index (χ0) is 17.8. The summed E-state index contributed by atoms with van der Waals surface area (Å²) < 4.78 is 4.97. The van der Waals surface area contributed by atoms with E-state index in [1.54, 1.807) is 0 Å². The van der Waals surface area contributed by atoms with Crippen molar-refractivity contribution in [2.24, 2.45) is 11.8 Å². The summed E-state index contributed by atoms with van der Waals surface area (Å²) in [4.78, 5) is 24.6. The molecule has 3 rings (SSSR count). The molecule has 25 heavy (non-hydrogen) atoms. The number of carboxylic acids is 1. The first-order chi connectivity index (χ1) is 12.1. The van der Waals surface area contributed by atoms with Gasteiger partial charge in [-0.2, -0.15) is 0 Å². The third-order valence-corrected chi connectivity index (χ3v) is 4.81. The minimum atomic E-state index is -0.991. The molecule has 1 N–H and O–H groups in total. The lowest BCUT2D eigenvalue weighted by Gasteiger charge is -2.36. The molecule has 1 aliphatic rings. The molecule has 2 aromatic rings. The number of hydrogen-bond donors (Lipinski definition) is 1. The number of aliphatic carboxylic acids is 1. The third-order valence-electron chi connectivity index (χ3n) is 4.81. The second kappa shape index (κ2) is 7.34. The maximum Gasteiger partial charge on any atom is 0.310 e. The lowest BCUT2D eigenvalue weighted by Crippen LogP contribution is -2.40. The van der Waals surface area contributed by atoms with Crippen LogP contribution in [0.2, 0.25) is 0 Å². The molecule has 0 unspecified atom stereocenters. The Labute approximate surface area is 146 Å². The summed E-state index contributed by atoms with van der Waals surface area (Å²) in [6, 6.07) is 18.9. The van der Waals surface area contributed by atoms with E-state index in [1.807, 2.05) is 72.8 Å². The van der Waals surface area contributed by atoms with Crippen molar-refractivity contribution < 1.29 is 19.4 Å². The Balaban J connectivity index is 2.10. The summed E-state index contributed by atoms with van der Waals surface area (Å²) in [5.41, 5.74) is 1.79. The second-order valence-electron chi connectivity index (χ2n) is 6.17. The highest BCUT2D eigenvalue weighted by atomic mass is 16.5. The van der Waals surface area contributed by atoms with Gasteiger partial charge in [-0.1, -0.05) is 72.8 Å². The standard InChI is InChI=1S/C21H20O4/c1-25-21(24)19-17(15-10-6-3-7-11-15)13-12-16(18(19)20(22)23)14-8-4-2-5-9-14/h2-13,16-19H,1H3,(H,22,23)/t16-,17+,18-,19-/m0/s1. The quantitative estimate of drug-likeness (QED) is 0.684. The van der Waals surface area contributed by atoms with E-state index in [1.165, 1.54) is 7.11 Å². The van der Waals surface area contributed by atoms with Gasteiger partial charge in [-0.25, -0.2) is 0 Å². The molecule has 0 saturated heterocycles. The van der Waals surface area contributed by atoms with Crippen molar-refractivity contribution in [2.45, 2.75) is 11.8 Å². The summed E-state index contributed by atoms with van der Waals surface area (Å²) in [5, 5.41) is 9.91. The number of carbonyl (C=O) groups excluding carboxylic acids is 1. The Hall–Kier alpha value is -2.88. The molecule has 128 valence electrons. The van der Waals surface area contributed by atoms with Gasteiger partial charge in [0.25, 0.3) is 0 Å². The Morgan fingerprint density at radius 2 is 1.24 bits per heavy atom. The van der Waals surface area contributed by atoms with Crippen molar-refractivity contribution in [3.8, 4) is 0 Å². The number of rotatable bonds is 4. The van der Waals surface area contributed by atoms with Crippen LogP contribution in [0.5, 0.6) is 0 Å². The first-order valence-corrected chi connectivity index (χ1v) is 8.22. The fraction of sp³-hybridized carbons (Fsp3) is 0.238. The van der Waals surface area contributed by atoms with Crippen LogP contribution in [0.15, 0.2) is 72.8 Å². The first-order valence-electron chi connectivity index (χ1n) is 8.22. The largest absolute Gasteiger partial charge is 0.481 e.